The van der Waals surface area contributed by atoms with Gasteiger partial charge >= 0.3 is 0 Å². The largest absolute Gasteiger partial charge is 0.367 e. The van der Waals surface area contributed by atoms with Crippen LogP contribution in [0.3, 0.4) is 0 Å². The number of fused-ring (bicyclic) bond motifs is 1. The quantitative estimate of drug-likeness (QED) is 0.831. The van der Waals surface area contributed by atoms with Gasteiger partial charge in [-0.25, -0.2) is 4.39 Å². The predicted octanol–water partition coefficient (Wildman–Crippen LogP) is 2.27. The second kappa shape index (κ2) is 9.03. The highest BCUT2D eigenvalue weighted by Gasteiger charge is 2.36. The van der Waals surface area contributed by atoms with Gasteiger partial charge in [0.1, 0.15) is 11.9 Å². The van der Waals surface area contributed by atoms with E-state index in [0.29, 0.717) is 19.6 Å². The minimum atomic E-state index is -0.461. The van der Waals surface area contributed by atoms with Crippen LogP contribution in [0, 0.1) is 5.82 Å². The molecule has 2 aliphatic rings. The van der Waals surface area contributed by atoms with Crippen LogP contribution in [0.2, 0.25) is 0 Å². The van der Waals surface area contributed by atoms with Gasteiger partial charge in [-0.3, -0.25) is 4.79 Å². The summed E-state index contributed by atoms with van der Waals surface area (Å²) < 4.78 is 19.5. The summed E-state index contributed by atoms with van der Waals surface area (Å²) in [5, 5.41) is 6.58. The van der Waals surface area contributed by atoms with Crippen LogP contribution in [0.15, 0.2) is 48.5 Å². The van der Waals surface area contributed by atoms with Crippen molar-refractivity contribution < 1.29 is 13.9 Å². The standard InChI is InChI=1S/C23H28FN3O2/c1-25-14-19-15-29-21(10-12-26-19)23(28)27-13-11-16-4-2-3-5-20(16)22(27)17-6-8-18(24)9-7-17/h2-9,19,21-22,25-26H,10-15H2,1H3/t19-,21+,22-/m0/s1. The van der Waals surface area contributed by atoms with Crippen LogP contribution in [0.25, 0.3) is 0 Å². The lowest BCUT2D eigenvalue weighted by Gasteiger charge is -2.39. The van der Waals surface area contributed by atoms with Crippen LogP contribution in [0.5, 0.6) is 0 Å². The fraction of sp³-hybridized carbons (Fsp3) is 0.435. The molecule has 3 atom stereocenters. The van der Waals surface area contributed by atoms with Crippen LogP contribution < -0.4 is 10.6 Å². The van der Waals surface area contributed by atoms with Crippen molar-refractivity contribution in [2.45, 2.75) is 31.0 Å². The van der Waals surface area contributed by atoms with Gasteiger partial charge in [0.2, 0.25) is 0 Å². The number of benzene rings is 2. The summed E-state index contributed by atoms with van der Waals surface area (Å²) in [6, 6.07) is 14.7. The molecule has 0 aromatic heterocycles. The molecule has 0 unspecified atom stereocenters. The molecular weight excluding hydrogens is 369 g/mol. The minimum absolute atomic E-state index is 0.0146. The smallest absolute Gasteiger partial charge is 0.252 e. The van der Waals surface area contributed by atoms with E-state index in [9.17, 15) is 9.18 Å². The summed E-state index contributed by atoms with van der Waals surface area (Å²) in [6.45, 7) is 2.68. The molecule has 2 aliphatic heterocycles. The molecule has 0 radical (unpaired) electrons. The monoisotopic (exact) mass is 397 g/mol. The number of carbonyl (C=O) groups is 1. The van der Waals surface area contributed by atoms with Gasteiger partial charge in [0.15, 0.2) is 0 Å². The van der Waals surface area contributed by atoms with Crippen molar-refractivity contribution in [1.82, 2.24) is 15.5 Å². The average molecular weight is 397 g/mol. The van der Waals surface area contributed by atoms with Crippen molar-refractivity contribution in [1.29, 1.82) is 0 Å². The maximum atomic E-state index is 13.5. The third-order valence-corrected chi connectivity index (χ3v) is 5.82. The number of rotatable bonds is 4. The first-order valence-electron chi connectivity index (χ1n) is 10.3. The van der Waals surface area contributed by atoms with E-state index in [-0.39, 0.29) is 23.8 Å². The Hall–Kier alpha value is -2.28. The summed E-state index contributed by atoms with van der Waals surface area (Å²) >= 11 is 0. The number of ether oxygens (including phenoxy) is 1. The van der Waals surface area contributed by atoms with Gasteiger partial charge in [-0.1, -0.05) is 36.4 Å². The SMILES string of the molecule is CNC[C@H]1CO[C@@H](C(=O)N2CCc3ccccc3[C@@H]2c2ccc(F)cc2)CCN1. The van der Waals surface area contributed by atoms with Crippen molar-refractivity contribution in [3.05, 3.63) is 71.0 Å². The molecular formula is C23H28FN3O2. The van der Waals surface area contributed by atoms with Crippen molar-refractivity contribution in [2.24, 2.45) is 0 Å². The van der Waals surface area contributed by atoms with E-state index in [1.165, 1.54) is 17.7 Å². The van der Waals surface area contributed by atoms with E-state index in [1.807, 2.05) is 24.1 Å². The number of nitrogens with one attached hydrogen (secondary N) is 2. The molecule has 1 fully saturated rings. The molecule has 0 saturated carbocycles. The van der Waals surface area contributed by atoms with Crippen LogP contribution in [-0.2, 0) is 16.0 Å². The molecule has 2 aromatic rings. The first-order chi connectivity index (χ1) is 14.2. The third kappa shape index (κ3) is 4.34. The number of likely N-dealkylation sites (N-methyl/N-ethyl adjacent to an activating group) is 1. The number of carbonyl (C=O) groups excluding carboxylic acids is 1. The van der Waals surface area contributed by atoms with Gasteiger partial charge < -0.3 is 20.3 Å². The molecule has 1 amide bonds. The molecule has 29 heavy (non-hydrogen) atoms. The first kappa shape index (κ1) is 20.0. The maximum absolute atomic E-state index is 13.5. The number of nitrogens with zero attached hydrogens (tertiary/aromatic N) is 1. The predicted molar refractivity (Wildman–Crippen MR) is 110 cm³/mol. The van der Waals surface area contributed by atoms with Crippen LogP contribution in [-0.4, -0.2) is 56.2 Å². The lowest BCUT2D eigenvalue weighted by molar-refractivity contribution is -0.146. The van der Waals surface area contributed by atoms with E-state index in [0.717, 1.165) is 30.6 Å². The second-order valence-electron chi connectivity index (χ2n) is 7.75. The van der Waals surface area contributed by atoms with Crippen LogP contribution in [0.4, 0.5) is 4.39 Å². The highest BCUT2D eigenvalue weighted by Crippen LogP contribution is 2.36. The molecule has 0 aliphatic carbocycles. The minimum Gasteiger partial charge on any atom is -0.367 e. The summed E-state index contributed by atoms with van der Waals surface area (Å²) in [5.41, 5.74) is 3.27. The highest BCUT2D eigenvalue weighted by molar-refractivity contribution is 5.82. The van der Waals surface area contributed by atoms with Gasteiger partial charge in [0.25, 0.3) is 5.91 Å². The fourth-order valence-electron chi connectivity index (χ4n) is 4.36. The zero-order chi connectivity index (χ0) is 20.2. The highest BCUT2D eigenvalue weighted by atomic mass is 19.1. The Balaban J connectivity index is 1.61. The topological polar surface area (TPSA) is 53.6 Å². The lowest BCUT2D eigenvalue weighted by Crippen LogP contribution is -2.46. The summed E-state index contributed by atoms with van der Waals surface area (Å²) in [5.74, 6) is -0.259. The van der Waals surface area contributed by atoms with Crippen LogP contribution >= 0.6 is 0 Å². The average Bonchev–Trinajstić information content (AvgIpc) is 2.99. The Kier molecular flexibility index (Phi) is 6.23. The zero-order valence-electron chi connectivity index (χ0n) is 16.7. The van der Waals surface area contributed by atoms with E-state index in [1.54, 1.807) is 12.1 Å². The summed E-state index contributed by atoms with van der Waals surface area (Å²) in [6.07, 6.45) is 0.998. The number of hydrogen-bond acceptors (Lipinski definition) is 4. The number of amides is 1. The summed E-state index contributed by atoms with van der Waals surface area (Å²) in [4.78, 5) is 15.4. The second-order valence-corrected chi connectivity index (χ2v) is 7.75. The van der Waals surface area contributed by atoms with E-state index >= 15 is 0 Å². The Bertz CT molecular complexity index is 842. The van der Waals surface area contributed by atoms with Gasteiger partial charge in [0, 0.05) is 19.1 Å². The summed E-state index contributed by atoms with van der Waals surface area (Å²) in [7, 11) is 1.91. The maximum Gasteiger partial charge on any atom is 0.252 e. The lowest BCUT2D eigenvalue weighted by atomic mass is 9.87. The molecule has 1 saturated heterocycles. The van der Waals surface area contributed by atoms with E-state index in [2.05, 4.69) is 22.8 Å². The van der Waals surface area contributed by atoms with E-state index < -0.39 is 6.10 Å². The molecule has 0 spiro atoms. The molecule has 154 valence electrons. The zero-order valence-corrected chi connectivity index (χ0v) is 16.7. The van der Waals surface area contributed by atoms with Gasteiger partial charge in [-0.05, 0) is 55.3 Å². The van der Waals surface area contributed by atoms with Crippen molar-refractivity contribution in [2.75, 3.05) is 33.3 Å². The number of halogens is 1. The Morgan fingerprint density at radius 2 is 2.03 bits per heavy atom. The fourth-order valence-corrected chi connectivity index (χ4v) is 4.36. The van der Waals surface area contributed by atoms with Crippen molar-refractivity contribution in [3.8, 4) is 0 Å². The molecule has 2 aromatic carbocycles. The van der Waals surface area contributed by atoms with Gasteiger partial charge in [-0.15, -0.1) is 0 Å². The Morgan fingerprint density at radius 1 is 1.24 bits per heavy atom. The van der Waals surface area contributed by atoms with Crippen molar-refractivity contribution >= 4 is 5.91 Å². The van der Waals surface area contributed by atoms with Gasteiger partial charge in [-0.2, -0.15) is 0 Å². The molecule has 4 rings (SSSR count). The van der Waals surface area contributed by atoms with E-state index in [4.69, 9.17) is 4.74 Å². The molecule has 5 nitrogen and oxygen atoms in total. The molecule has 0 bridgehead atoms. The van der Waals surface area contributed by atoms with Crippen LogP contribution in [0.1, 0.15) is 29.2 Å². The molecule has 6 heteroatoms. The Labute approximate surface area is 171 Å². The van der Waals surface area contributed by atoms with Crippen molar-refractivity contribution in [3.63, 3.8) is 0 Å². The third-order valence-electron chi connectivity index (χ3n) is 5.82. The van der Waals surface area contributed by atoms with Gasteiger partial charge in [0.05, 0.1) is 12.6 Å². The molecule has 2 heterocycles. The normalized spacial score (nSPS) is 24.6. The number of hydrogen-bond donors (Lipinski definition) is 2. The molecule has 2 N–H and O–H groups in total. The Morgan fingerprint density at radius 3 is 2.83 bits per heavy atom. The first-order valence-corrected chi connectivity index (χ1v) is 10.3.